The zero-order valence-electron chi connectivity index (χ0n) is 11.3. The Hall–Kier alpha value is -2.33. The Morgan fingerprint density at radius 2 is 1.81 bits per heavy atom. The number of carbonyl (C=O) groups excluding carboxylic acids is 1. The summed E-state index contributed by atoms with van der Waals surface area (Å²) < 4.78 is 0. The molecule has 2 aromatic rings. The molecule has 2 rings (SSSR count). The van der Waals surface area contributed by atoms with Gasteiger partial charge in [0.05, 0.1) is 17.2 Å². The van der Waals surface area contributed by atoms with Gasteiger partial charge in [0.2, 0.25) is 5.91 Å². The van der Waals surface area contributed by atoms with Crippen molar-refractivity contribution in [3.63, 3.8) is 0 Å². The molecular weight excluding hydrogens is 290 g/mol. The number of benzene rings is 2. The molecule has 0 spiro atoms. The van der Waals surface area contributed by atoms with Crippen LogP contribution in [0.3, 0.4) is 0 Å². The Labute approximate surface area is 127 Å². The van der Waals surface area contributed by atoms with Gasteiger partial charge in [-0.3, -0.25) is 4.79 Å². The van der Waals surface area contributed by atoms with Crippen molar-refractivity contribution in [1.82, 2.24) is 0 Å². The van der Waals surface area contributed by atoms with Crippen molar-refractivity contribution < 1.29 is 14.7 Å². The highest BCUT2D eigenvalue weighted by atomic mass is 35.5. The smallest absolute Gasteiger partial charge is 0.337 e. The Morgan fingerprint density at radius 3 is 2.43 bits per heavy atom. The largest absolute Gasteiger partial charge is 0.478 e. The maximum atomic E-state index is 12.2. The van der Waals surface area contributed by atoms with Crippen LogP contribution in [0.25, 0.3) is 0 Å². The predicted molar refractivity (Wildman–Crippen MR) is 81.9 cm³/mol. The molecule has 2 aromatic carbocycles. The number of nitrogens with one attached hydrogen (secondary N) is 1. The fourth-order valence-corrected chi connectivity index (χ4v) is 2.11. The lowest BCUT2D eigenvalue weighted by atomic mass is 10.0. The first-order valence-electron chi connectivity index (χ1n) is 6.37. The molecule has 0 aliphatic rings. The number of hydrogen-bond donors (Lipinski definition) is 2. The second kappa shape index (κ2) is 6.41. The molecule has 21 heavy (non-hydrogen) atoms. The molecule has 108 valence electrons. The zero-order chi connectivity index (χ0) is 15.4. The molecule has 0 aliphatic heterocycles. The number of amides is 1. The first kappa shape index (κ1) is 15.1. The molecule has 0 bridgehead atoms. The van der Waals surface area contributed by atoms with Crippen LogP contribution in [0.5, 0.6) is 0 Å². The third-order valence-corrected chi connectivity index (χ3v) is 3.40. The lowest BCUT2D eigenvalue weighted by Gasteiger charge is -2.14. The molecule has 2 N–H and O–H groups in total. The maximum absolute atomic E-state index is 12.2. The minimum atomic E-state index is -1.14. The van der Waals surface area contributed by atoms with E-state index in [0.29, 0.717) is 5.02 Å². The van der Waals surface area contributed by atoms with Gasteiger partial charge in [0.1, 0.15) is 0 Å². The molecule has 5 heteroatoms. The molecule has 0 aromatic heterocycles. The minimum Gasteiger partial charge on any atom is -0.478 e. The van der Waals surface area contributed by atoms with Crippen LogP contribution >= 0.6 is 11.6 Å². The van der Waals surface area contributed by atoms with Gasteiger partial charge in [-0.1, -0.05) is 41.9 Å². The summed E-state index contributed by atoms with van der Waals surface area (Å²) in [5.74, 6) is -1.80. The van der Waals surface area contributed by atoms with Gasteiger partial charge in [-0.25, -0.2) is 4.79 Å². The van der Waals surface area contributed by atoms with Crippen molar-refractivity contribution in [2.45, 2.75) is 12.8 Å². The summed E-state index contributed by atoms with van der Waals surface area (Å²) in [6, 6.07) is 13.6. The molecule has 0 saturated carbocycles. The summed E-state index contributed by atoms with van der Waals surface area (Å²) in [4.78, 5) is 23.4. The van der Waals surface area contributed by atoms with E-state index < -0.39 is 5.97 Å². The van der Waals surface area contributed by atoms with Crippen molar-refractivity contribution >= 4 is 29.2 Å². The SMILES string of the molecule is CC(C(=O)Nc1ccc(Cl)cc1C(=O)O)c1ccccc1. The van der Waals surface area contributed by atoms with Crippen LogP contribution in [0.1, 0.15) is 28.8 Å². The predicted octanol–water partition coefficient (Wildman–Crippen LogP) is 3.78. The van der Waals surface area contributed by atoms with E-state index in [2.05, 4.69) is 5.32 Å². The van der Waals surface area contributed by atoms with Gasteiger partial charge < -0.3 is 10.4 Å². The molecule has 0 fully saturated rings. The molecule has 1 atom stereocenters. The van der Waals surface area contributed by atoms with Crippen molar-refractivity contribution in [3.8, 4) is 0 Å². The zero-order valence-corrected chi connectivity index (χ0v) is 12.1. The van der Waals surface area contributed by atoms with E-state index in [1.807, 2.05) is 30.3 Å². The summed E-state index contributed by atoms with van der Waals surface area (Å²) in [7, 11) is 0. The van der Waals surface area contributed by atoms with Gasteiger partial charge >= 0.3 is 5.97 Å². The Balaban J connectivity index is 2.22. The molecule has 0 saturated heterocycles. The Morgan fingerprint density at radius 1 is 1.14 bits per heavy atom. The molecule has 0 heterocycles. The number of carboxylic acids is 1. The number of hydrogen-bond acceptors (Lipinski definition) is 2. The lowest BCUT2D eigenvalue weighted by molar-refractivity contribution is -0.117. The van der Waals surface area contributed by atoms with Crippen molar-refractivity contribution in [3.05, 3.63) is 64.7 Å². The highest BCUT2D eigenvalue weighted by Gasteiger charge is 2.18. The van der Waals surface area contributed by atoms with E-state index in [1.165, 1.54) is 18.2 Å². The van der Waals surface area contributed by atoms with Crippen molar-refractivity contribution in [2.75, 3.05) is 5.32 Å². The molecule has 0 aliphatic carbocycles. The molecule has 1 amide bonds. The van der Waals surface area contributed by atoms with Gasteiger partial charge in [0.15, 0.2) is 0 Å². The van der Waals surface area contributed by atoms with Crippen LogP contribution < -0.4 is 5.32 Å². The Bertz CT molecular complexity index is 670. The minimum absolute atomic E-state index is 0.0314. The van der Waals surface area contributed by atoms with Crippen molar-refractivity contribution in [2.24, 2.45) is 0 Å². The quantitative estimate of drug-likeness (QED) is 0.903. The Kier molecular flexibility index (Phi) is 4.60. The lowest BCUT2D eigenvalue weighted by Crippen LogP contribution is -2.20. The van der Waals surface area contributed by atoms with Gasteiger partial charge in [-0.05, 0) is 30.7 Å². The standard InChI is InChI=1S/C16H14ClNO3/c1-10(11-5-3-2-4-6-11)15(19)18-14-8-7-12(17)9-13(14)16(20)21/h2-10H,1H3,(H,18,19)(H,20,21). The molecule has 4 nitrogen and oxygen atoms in total. The molecule has 1 unspecified atom stereocenters. The summed E-state index contributed by atoms with van der Waals surface area (Å²) in [6.45, 7) is 1.76. The number of halogens is 1. The number of anilines is 1. The van der Waals surface area contributed by atoms with Crippen LogP contribution in [0, 0.1) is 0 Å². The maximum Gasteiger partial charge on any atom is 0.337 e. The van der Waals surface area contributed by atoms with Crippen LogP contribution in [-0.2, 0) is 4.79 Å². The van der Waals surface area contributed by atoms with Crippen LogP contribution in [0.2, 0.25) is 5.02 Å². The van der Waals surface area contributed by atoms with E-state index in [1.54, 1.807) is 6.92 Å². The van der Waals surface area contributed by atoms with Crippen LogP contribution in [0.15, 0.2) is 48.5 Å². The number of aromatic carboxylic acids is 1. The van der Waals surface area contributed by atoms with Crippen molar-refractivity contribution in [1.29, 1.82) is 0 Å². The normalized spacial score (nSPS) is 11.7. The highest BCUT2D eigenvalue weighted by Crippen LogP contribution is 2.23. The highest BCUT2D eigenvalue weighted by molar-refractivity contribution is 6.31. The number of rotatable bonds is 4. The van der Waals surface area contributed by atoms with E-state index >= 15 is 0 Å². The first-order valence-corrected chi connectivity index (χ1v) is 6.75. The monoisotopic (exact) mass is 303 g/mol. The number of carboxylic acid groups (broad SMARTS) is 1. The summed E-state index contributed by atoms with van der Waals surface area (Å²) in [6.07, 6.45) is 0. The van der Waals surface area contributed by atoms with Gasteiger partial charge in [-0.15, -0.1) is 0 Å². The second-order valence-corrected chi connectivity index (χ2v) is 5.05. The van der Waals surface area contributed by atoms with E-state index in [-0.39, 0.29) is 23.1 Å². The van der Waals surface area contributed by atoms with Gasteiger partial charge in [0, 0.05) is 5.02 Å². The average molecular weight is 304 g/mol. The molecular formula is C16H14ClNO3. The fraction of sp³-hybridized carbons (Fsp3) is 0.125. The van der Waals surface area contributed by atoms with Crippen LogP contribution in [-0.4, -0.2) is 17.0 Å². The second-order valence-electron chi connectivity index (χ2n) is 4.62. The average Bonchev–Trinajstić information content (AvgIpc) is 2.49. The third kappa shape index (κ3) is 3.61. The summed E-state index contributed by atoms with van der Waals surface area (Å²) in [5.41, 5.74) is 1.07. The molecule has 0 radical (unpaired) electrons. The fourth-order valence-electron chi connectivity index (χ4n) is 1.94. The van der Waals surface area contributed by atoms with Gasteiger partial charge in [-0.2, -0.15) is 0 Å². The van der Waals surface area contributed by atoms with Gasteiger partial charge in [0.25, 0.3) is 0 Å². The summed E-state index contributed by atoms with van der Waals surface area (Å²) >= 11 is 5.78. The van der Waals surface area contributed by atoms with E-state index in [0.717, 1.165) is 5.56 Å². The van der Waals surface area contributed by atoms with Crippen LogP contribution in [0.4, 0.5) is 5.69 Å². The third-order valence-electron chi connectivity index (χ3n) is 3.16. The first-order chi connectivity index (χ1) is 9.99. The van der Waals surface area contributed by atoms with E-state index in [4.69, 9.17) is 16.7 Å². The topological polar surface area (TPSA) is 66.4 Å². The van der Waals surface area contributed by atoms with E-state index in [9.17, 15) is 9.59 Å². The summed E-state index contributed by atoms with van der Waals surface area (Å²) in [5, 5.41) is 12.1. The number of carbonyl (C=O) groups is 2.